The van der Waals surface area contributed by atoms with E-state index in [1.54, 1.807) is 25.1 Å². The molecule has 1 saturated heterocycles. The van der Waals surface area contributed by atoms with E-state index in [9.17, 15) is 23.2 Å². The van der Waals surface area contributed by atoms with Gasteiger partial charge in [-0.2, -0.15) is 0 Å². The molecule has 3 N–H and O–H groups in total. The summed E-state index contributed by atoms with van der Waals surface area (Å²) in [5, 5.41) is 15.6. The Kier molecular flexibility index (Phi) is 8.36. The van der Waals surface area contributed by atoms with Crippen LogP contribution >= 0.6 is 11.6 Å². The number of hydrogen-bond acceptors (Lipinski definition) is 8. The van der Waals surface area contributed by atoms with Gasteiger partial charge in [-0.25, -0.2) is 23.2 Å². The maximum atomic E-state index is 14.2. The lowest BCUT2D eigenvalue weighted by atomic mass is 10.0. The van der Waals surface area contributed by atoms with Gasteiger partial charge in [-0.3, -0.25) is 9.59 Å². The first kappa shape index (κ1) is 29.3. The van der Waals surface area contributed by atoms with Crippen molar-refractivity contribution < 1.29 is 32.5 Å². The van der Waals surface area contributed by atoms with Crippen molar-refractivity contribution in [2.24, 2.45) is 0 Å². The summed E-state index contributed by atoms with van der Waals surface area (Å²) in [7, 11) is 1.39. The van der Waals surface area contributed by atoms with Crippen molar-refractivity contribution in [3.63, 3.8) is 0 Å². The minimum absolute atomic E-state index is 0.000116. The normalized spacial score (nSPS) is 17.7. The minimum Gasteiger partial charge on any atom is -0.382 e. The number of benzene rings is 1. The largest absolute Gasteiger partial charge is 0.382 e. The lowest BCUT2D eigenvalue weighted by Crippen LogP contribution is -2.58. The summed E-state index contributed by atoms with van der Waals surface area (Å²) >= 11 is 6.19. The predicted molar refractivity (Wildman–Crippen MR) is 145 cm³/mol. The van der Waals surface area contributed by atoms with Crippen LogP contribution in [0.1, 0.15) is 63.7 Å². The lowest BCUT2D eigenvalue weighted by molar-refractivity contribution is -0.118. The van der Waals surface area contributed by atoms with E-state index in [2.05, 4.69) is 31.2 Å². The van der Waals surface area contributed by atoms with Crippen molar-refractivity contribution in [2.45, 2.75) is 43.7 Å². The molecule has 1 aliphatic carbocycles. The molecule has 3 heterocycles. The second kappa shape index (κ2) is 12.0. The van der Waals surface area contributed by atoms with Crippen LogP contribution in [0.15, 0.2) is 41.2 Å². The van der Waals surface area contributed by atoms with Crippen LogP contribution in [0.5, 0.6) is 0 Å². The third-order valence-electron chi connectivity index (χ3n) is 7.03. The minimum atomic E-state index is -3.13. The van der Waals surface area contributed by atoms with Crippen molar-refractivity contribution in [1.82, 2.24) is 30.8 Å². The van der Waals surface area contributed by atoms with Crippen molar-refractivity contribution in [3.05, 3.63) is 69.6 Å². The van der Waals surface area contributed by atoms with Gasteiger partial charge in [-0.15, -0.1) is 0 Å². The topological polar surface area (TPSA) is 152 Å². The Morgan fingerprint density at radius 2 is 2.02 bits per heavy atom. The number of aryl methyl sites for hydroxylation is 1. The monoisotopic (exact) mass is 603 g/mol. The fraction of sp³-hybridized carbons (Fsp3) is 0.407. The van der Waals surface area contributed by atoms with E-state index in [4.69, 9.17) is 21.0 Å². The van der Waals surface area contributed by atoms with Gasteiger partial charge in [-0.05, 0) is 59.8 Å². The second-order valence-electron chi connectivity index (χ2n) is 10.3. The molecule has 2 aromatic heterocycles. The van der Waals surface area contributed by atoms with Gasteiger partial charge in [0.25, 0.3) is 17.7 Å². The number of rotatable bonds is 10. The molecule has 222 valence electrons. The molecule has 12 nitrogen and oxygen atoms in total. The average Bonchev–Trinajstić information content (AvgIpc) is 3.69. The van der Waals surface area contributed by atoms with Crippen LogP contribution in [-0.4, -0.2) is 70.8 Å². The summed E-state index contributed by atoms with van der Waals surface area (Å²) in [6.45, 7) is 0.111. The number of carbonyl (C=O) groups excluding carboxylic acids is 3. The third-order valence-corrected chi connectivity index (χ3v) is 7.45. The molecule has 1 saturated carbocycles. The molecule has 5 rings (SSSR count). The van der Waals surface area contributed by atoms with Gasteiger partial charge >= 0.3 is 6.03 Å². The molecule has 3 aromatic rings. The molecule has 0 unspecified atom stereocenters. The Morgan fingerprint density at radius 1 is 1.24 bits per heavy atom. The molecular formula is C27H28ClF2N7O5. The van der Waals surface area contributed by atoms with Gasteiger partial charge in [0, 0.05) is 24.2 Å². The SMILES string of the molecule is COC[C@H](c1ccnc(NC(=O)[C@@H](NC(=O)c2nonc2C2CC2)c2ccc(Cl)c(C)c2)c1)N1CC(F)(F)CNC1=O. The van der Waals surface area contributed by atoms with Gasteiger partial charge < -0.3 is 25.6 Å². The quantitative estimate of drug-likeness (QED) is 0.317. The van der Waals surface area contributed by atoms with E-state index in [1.807, 2.05) is 0 Å². The van der Waals surface area contributed by atoms with Gasteiger partial charge in [0.2, 0.25) is 0 Å². The van der Waals surface area contributed by atoms with Crippen molar-refractivity contribution in [1.29, 1.82) is 0 Å². The van der Waals surface area contributed by atoms with Crippen molar-refractivity contribution >= 4 is 35.3 Å². The Bertz CT molecular complexity index is 1500. The number of ether oxygens (including phenoxy) is 1. The summed E-state index contributed by atoms with van der Waals surface area (Å²) in [5.41, 5.74) is 1.96. The molecule has 1 aromatic carbocycles. The van der Waals surface area contributed by atoms with E-state index in [-0.39, 0.29) is 24.0 Å². The number of nitrogens with one attached hydrogen (secondary N) is 3. The third kappa shape index (κ3) is 6.49. The first-order valence-corrected chi connectivity index (χ1v) is 13.5. The predicted octanol–water partition coefficient (Wildman–Crippen LogP) is 3.76. The number of nitrogens with zero attached hydrogens (tertiary/aromatic N) is 4. The van der Waals surface area contributed by atoms with E-state index >= 15 is 0 Å². The molecule has 0 radical (unpaired) electrons. The van der Waals surface area contributed by atoms with Crippen LogP contribution in [0.3, 0.4) is 0 Å². The molecule has 1 aliphatic heterocycles. The molecule has 2 atom stereocenters. The Morgan fingerprint density at radius 3 is 2.74 bits per heavy atom. The maximum Gasteiger partial charge on any atom is 0.318 e. The van der Waals surface area contributed by atoms with Crippen LogP contribution < -0.4 is 16.0 Å². The zero-order valence-corrected chi connectivity index (χ0v) is 23.5. The average molecular weight is 604 g/mol. The van der Waals surface area contributed by atoms with Crippen LogP contribution in [0.2, 0.25) is 5.02 Å². The Balaban J connectivity index is 1.40. The number of urea groups is 1. The van der Waals surface area contributed by atoms with Crippen molar-refractivity contribution in [3.8, 4) is 0 Å². The van der Waals surface area contributed by atoms with Crippen molar-refractivity contribution in [2.75, 3.05) is 32.1 Å². The number of aromatic nitrogens is 3. The number of carbonyl (C=O) groups is 3. The molecule has 0 spiro atoms. The summed E-state index contributed by atoms with van der Waals surface area (Å²) in [5.74, 6) is -4.29. The first-order chi connectivity index (χ1) is 20.1. The first-order valence-electron chi connectivity index (χ1n) is 13.1. The lowest BCUT2D eigenvalue weighted by Gasteiger charge is -2.38. The molecule has 4 amide bonds. The zero-order valence-electron chi connectivity index (χ0n) is 22.7. The highest BCUT2D eigenvalue weighted by Crippen LogP contribution is 2.40. The molecule has 2 fully saturated rings. The number of anilines is 1. The highest BCUT2D eigenvalue weighted by Gasteiger charge is 2.42. The van der Waals surface area contributed by atoms with E-state index in [0.29, 0.717) is 27.4 Å². The number of amides is 4. The van der Waals surface area contributed by atoms with Gasteiger partial charge in [0.15, 0.2) is 5.69 Å². The fourth-order valence-electron chi connectivity index (χ4n) is 4.70. The summed E-state index contributed by atoms with van der Waals surface area (Å²) in [6, 6.07) is 5.12. The van der Waals surface area contributed by atoms with E-state index in [1.165, 1.54) is 25.4 Å². The van der Waals surface area contributed by atoms with Gasteiger partial charge in [0.1, 0.15) is 17.6 Å². The van der Waals surface area contributed by atoms with Crippen LogP contribution in [0.4, 0.5) is 19.4 Å². The standard InChI is InChI=1S/C27H28ClF2N7O5/c1-14-9-17(5-6-18(14)28)22(34-25(39)23-21(15-3-4-15)35-42-36-23)24(38)33-20-10-16(7-8-31-20)19(11-41-2)37-13-27(29,30)12-32-26(37)40/h5-10,15,19,22H,3-4,11-13H2,1-2H3,(H,32,40)(H,34,39)(H,31,33,38)/t19-,22+/m1/s1. The summed E-state index contributed by atoms with van der Waals surface area (Å²) in [6.07, 6.45) is 3.09. The number of hydrogen-bond donors (Lipinski definition) is 3. The number of pyridine rings is 1. The number of halogens is 3. The van der Waals surface area contributed by atoms with Crippen LogP contribution in [0.25, 0.3) is 0 Å². The maximum absolute atomic E-state index is 14.2. The summed E-state index contributed by atoms with van der Waals surface area (Å²) < 4.78 is 38.3. The summed E-state index contributed by atoms with van der Waals surface area (Å²) in [4.78, 5) is 44.5. The zero-order chi connectivity index (χ0) is 30.0. The fourth-order valence-corrected chi connectivity index (χ4v) is 4.82. The molecule has 42 heavy (non-hydrogen) atoms. The number of methoxy groups -OCH3 is 1. The van der Waals surface area contributed by atoms with Gasteiger partial charge in [-0.1, -0.05) is 28.9 Å². The Hall–Kier alpha value is -4.17. The highest BCUT2D eigenvalue weighted by molar-refractivity contribution is 6.31. The van der Waals surface area contributed by atoms with Crippen LogP contribution in [-0.2, 0) is 9.53 Å². The molecule has 15 heteroatoms. The van der Waals surface area contributed by atoms with Gasteiger partial charge in [0.05, 0.1) is 25.7 Å². The molecular weight excluding hydrogens is 576 g/mol. The molecule has 2 aliphatic rings. The second-order valence-corrected chi connectivity index (χ2v) is 10.7. The number of alkyl halides is 2. The highest BCUT2D eigenvalue weighted by atomic mass is 35.5. The van der Waals surface area contributed by atoms with E-state index in [0.717, 1.165) is 17.7 Å². The Labute approximate surface area is 244 Å². The smallest absolute Gasteiger partial charge is 0.318 e. The van der Waals surface area contributed by atoms with Crippen LogP contribution in [0, 0.1) is 6.92 Å². The van der Waals surface area contributed by atoms with E-state index < -0.39 is 48.9 Å². The molecule has 0 bridgehead atoms.